The predicted molar refractivity (Wildman–Crippen MR) is 116 cm³/mol. The molecule has 0 radical (unpaired) electrons. The standard InChI is InChI=1S/C21H20F3N5O3S/c22-21(23,24)20(31)29-6-4-28(5-7-29)19(30)18-27-17-14-2-1-12(13(10-25)11-26)9-15(14)32-8-3-16(17)33-18/h1-2,9-11,25H,3-8,26H2/b13-11+,25-10?. The molecule has 1 saturated heterocycles. The van der Waals surface area contributed by atoms with Crippen molar-refractivity contribution in [1.82, 2.24) is 14.8 Å². The number of carbonyl (C=O) groups is 2. The van der Waals surface area contributed by atoms with Crippen molar-refractivity contribution in [3.8, 4) is 17.0 Å². The maximum Gasteiger partial charge on any atom is 0.471 e. The first-order valence-corrected chi connectivity index (χ1v) is 10.9. The number of aromatic nitrogens is 1. The van der Waals surface area contributed by atoms with Gasteiger partial charge in [-0.2, -0.15) is 13.2 Å². The highest BCUT2D eigenvalue weighted by Crippen LogP contribution is 2.39. The van der Waals surface area contributed by atoms with Crippen molar-refractivity contribution < 1.29 is 27.5 Å². The number of ether oxygens (including phenoxy) is 1. The molecule has 3 heterocycles. The lowest BCUT2D eigenvalue weighted by Crippen LogP contribution is -2.53. The van der Waals surface area contributed by atoms with E-state index < -0.39 is 12.1 Å². The third-order valence-electron chi connectivity index (χ3n) is 5.47. The summed E-state index contributed by atoms with van der Waals surface area (Å²) in [6.07, 6.45) is -1.90. The summed E-state index contributed by atoms with van der Waals surface area (Å²) in [5.41, 5.74) is 8.15. The predicted octanol–water partition coefficient (Wildman–Crippen LogP) is 2.54. The molecule has 0 saturated carbocycles. The number of carbonyl (C=O) groups excluding carboxylic acids is 2. The van der Waals surface area contributed by atoms with E-state index in [2.05, 4.69) is 4.98 Å². The summed E-state index contributed by atoms with van der Waals surface area (Å²) in [5, 5.41) is 7.71. The fourth-order valence-corrected chi connectivity index (χ4v) is 4.77. The van der Waals surface area contributed by atoms with E-state index in [1.54, 1.807) is 18.2 Å². The molecule has 0 atom stereocenters. The Hall–Kier alpha value is -3.41. The number of hydrogen-bond donors (Lipinski definition) is 2. The van der Waals surface area contributed by atoms with Crippen LogP contribution in [0.15, 0.2) is 24.4 Å². The molecular formula is C21H20F3N5O3S. The molecule has 174 valence electrons. The number of nitrogens with two attached hydrogens (primary N) is 1. The van der Waals surface area contributed by atoms with Crippen molar-refractivity contribution in [2.24, 2.45) is 5.73 Å². The molecule has 0 spiro atoms. The lowest BCUT2D eigenvalue weighted by molar-refractivity contribution is -0.186. The van der Waals surface area contributed by atoms with Crippen LogP contribution >= 0.6 is 11.3 Å². The van der Waals surface area contributed by atoms with Crippen LogP contribution in [-0.2, 0) is 11.2 Å². The molecule has 12 heteroatoms. The molecule has 1 fully saturated rings. The van der Waals surface area contributed by atoms with Gasteiger partial charge in [0, 0.05) is 61.0 Å². The van der Waals surface area contributed by atoms with Crippen LogP contribution in [0.25, 0.3) is 16.8 Å². The van der Waals surface area contributed by atoms with Gasteiger partial charge in [0.1, 0.15) is 5.75 Å². The van der Waals surface area contributed by atoms with Gasteiger partial charge in [-0.1, -0.05) is 6.07 Å². The van der Waals surface area contributed by atoms with Gasteiger partial charge in [-0.25, -0.2) is 4.98 Å². The number of amides is 2. The second kappa shape index (κ2) is 8.85. The van der Waals surface area contributed by atoms with Crippen LogP contribution in [0.4, 0.5) is 13.2 Å². The zero-order valence-corrected chi connectivity index (χ0v) is 18.1. The van der Waals surface area contributed by atoms with E-state index in [4.69, 9.17) is 15.9 Å². The van der Waals surface area contributed by atoms with Crippen molar-refractivity contribution >= 4 is 34.9 Å². The van der Waals surface area contributed by atoms with Gasteiger partial charge in [-0.05, 0) is 17.7 Å². The minimum Gasteiger partial charge on any atom is -0.492 e. The number of nitrogens with zero attached hydrogens (tertiary/aromatic N) is 3. The lowest BCUT2D eigenvalue weighted by Gasteiger charge is -2.34. The number of benzene rings is 1. The second-order valence-electron chi connectivity index (χ2n) is 7.45. The van der Waals surface area contributed by atoms with Gasteiger partial charge in [0.05, 0.1) is 12.3 Å². The molecule has 0 bridgehead atoms. The lowest BCUT2D eigenvalue weighted by atomic mass is 10.0. The topological polar surface area (TPSA) is 113 Å². The Kier molecular flexibility index (Phi) is 6.11. The summed E-state index contributed by atoms with van der Waals surface area (Å²) in [7, 11) is 0. The van der Waals surface area contributed by atoms with Crippen LogP contribution in [0.3, 0.4) is 0 Å². The number of halogens is 3. The molecule has 4 rings (SSSR count). The fourth-order valence-electron chi connectivity index (χ4n) is 3.75. The minimum absolute atomic E-state index is 0.00574. The fraction of sp³-hybridized carbons (Fsp3) is 0.333. The number of alkyl halides is 3. The number of rotatable bonds is 3. The largest absolute Gasteiger partial charge is 0.492 e. The molecule has 2 aromatic rings. The van der Waals surface area contributed by atoms with E-state index in [1.807, 2.05) is 0 Å². The highest BCUT2D eigenvalue weighted by Gasteiger charge is 2.43. The first kappa shape index (κ1) is 22.8. The molecule has 2 aliphatic heterocycles. The first-order valence-electron chi connectivity index (χ1n) is 10.1. The quantitative estimate of drug-likeness (QED) is 0.657. The molecule has 1 aromatic carbocycles. The molecule has 1 aromatic heterocycles. The monoisotopic (exact) mass is 479 g/mol. The first-order chi connectivity index (χ1) is 15.7. The average Bonchev–Trinajstić information content (AvgIpc) is 3.15. The number of nitrogens with one attached hydrogen (secondary N) is 1. The third-order valence-corrected chi connectivity index (χ3v) is 6.57. The number of thiazole rings is 1. The molecule has 8 nitrogen and oxygen atoms in total. The second-order valence-corrected chi connectivity index (χ2v) is 8.53. The molecule has 0 aliphatic carbocycles. The van der Waals surface area contributed by atoms with Crippen LogP contribution < -0.4 is 10.5 Å². The molecular weight excluding hydrogens is 459 g/mol. The van der Waals surface area contributed by atoms with Gasteiger partial charge in [0.25, 0.3) is 5.91 Å². The average molecular weight is 479 g/mol. The van der Waals surface area contributed by atoms with Crippen LogP contribution in [0.1, 0.15) is 20.2 Å². The minimum atomic E-state index is -4.92. The van der Waals surface area contributed by atoms with Crippen LogP contribution in [0, 0.1) is 5.41 Å². The normalized spacial score (nSPS) is 16.4. The third kappa shape index (κ3) is 4.42. The number of hydrogen-bond acceptors (Lipinski definition) is 7. The van der Waals surface area contributed by atoms with E-state index in [1.165, 1.54) is 22.4 Å². The molecule has 2 aliphatic rings. The summed E-state index contributed by atoms with van der Waals surface area (Å²) in [6, 6.07) is 5.36. The molecule has 3 N–H and O–H groups in total. The Balaban J connectivity index is 1.54. The molecule has 33 heavy (non-hydrogen) atoms. The highest BCUT2D eigenvalue weighted by molar-refractivity contribution is 7.14. The SMILES string of the molecule is N=C/C(=C\N)c1ccc2c(c1)OCCc1sc(C(=O)N3CCN(C(=O)C(F)(F)F)CC3)nc1-2. The van der Waals surface area contributed by atoms with Gasteiger partial charge in [0.2, 0.25) is 0 Å². The molecule has 2 amide bonds. The maximum absolute atomic E-state index is 13.0. The van der Waals surface area contributed by atoms with Gasteiger partial charge in [-0.15, -0.1) is 11.3 Å². The van der Waals surface area contributed by atoms with Crippen molar-refractivity contribution in [2.75, 3.05) is 32.8 Å². The highest BCUT2D eigenvalue weighted by atomic mass is 32.1. The van der Waals surface area contributed by atoms with Gasteiger partial charge >= 0.3 is 12.1 Å². The van der Waals surface area contributed by atoms with Gasteiger partial charge in [-0.3, -0.25) is 9.59 Å². The van der Waals surface area contributed by atoms with Crippen molar-refractivity contribution in [2.45, 2.75) is 12.6 Å². The summed E-state index contributed by atoms with van der Waals surface area (Å²) in [5.74, 6) is -1.69. The Labute approximate surface area is 191 Å². The Morgan fingerprint density at radius 1 is 1.18 bits per heavy atom. The Morgan fingerprint density at radius 2 is 1.88 bits per heavy atom. The summed E-state index contributed by atoms with van der Waals surface area (Å²) >= 11 is 1.23. The van der Waals surface area contributed by atoms with Gasteiger partial charge in [0.15, 0.2) is 5.01 Å². The number of fused-ring (bicyclic) bond motifs is 3. The van der Waals surface area contributed by atoms with E-state index in [0.717, 1.165) is 11.1 Å². The summed E-state index contributed by atoms with van der Waals surface area (Å²) < 4.78 is 43.8. The van der Waals surface area contributed by atoms with E-state index in [-0.39, 0.29) is 37.1 Å². The maximum atomic E-state index is 13.0. The van der Waals surface area contributed by atoms with E-state index in [0.29, 0.717) is 46.1 Å². The van der Waals surface area contributed by atoms with Crippen molar-refractivity contribution in [3.05, 3.63) is 39.8 Å². The van der Waals surface area contributed by atoms with Gasteiger partial charge < -0.3 is 25.7 Å². The zero-order chi connectivity index (χ0) is 23.8. The van der Waals surface area contributed by atoms with E-state index >= 15 is 0 Å². The number of allylic oxidation sites excluding steroid dienone is 1. The number of piperazine rings is 1. The van der Waals surface area contributed by atoms with Crippen molar-refractivity contribution in [3.63, 3.8) is 0 Å². The zero-order valence-electron chi connectivity index (χ0n) is 17.3. The summed E-state index contributed by atoms with van der Waals surface area (Å²) in [6.45, 7) is 0.0264. The smallest absolute Gasteiger partial charge is 0.471 e. The Bertz CT molecular complexity index is 1140. The Morgan fingerprint density at radius 3 is 2.52 bits per heavy atom. The van der Waals surface area contributed by atoms with Crippen LogP contribution in [0.2, 0.25) is 0 Å². The van der Waals surface area contributed by atoms with Crippen LogP contribution in [0.5, 0.6) is 5.75 Å². The molecule has 0 unspecified atom stereocenters. The summed E-state index contributed by atoms with van der Waals surface area (Å²) in [4.78, 5) is 31.9. The van der Waals surface area contributed by atoms with E-state index in [9.17, 15) is 22.8 Å². The van der Waals surface area contributed by atoms with Crippen molar-refractivity contribution in [1.29, 1.82) is 5.41 Å². The van der Waals surface area contributed by atoms with Crippen LogP contribution in [-0.4, -0.2) is 71.8 Å².